The van der Waals surface area contributed by atoms with E-state index in [1.54, 1.807) is 0 Å². The molecule has 1 heterocycles. The Labute approximate surface area is 127 Å². The standard InChI is InChI=1S/C18H24N2O/c1-3-5-13-20(15-9-7-6-8-10-15)16-11-12-17(19-14-16)18(21)4-2/h6-12,14,18,21H,3-5,13H2,1-2H3/t18-/m0/s1. The highest BCUT2D eigenvalue weighted by atomic mass is 16.3. The molecule has 2 aromatic rings. The summed E-state index contributed by atoms with van der Waals surface area (Å²) in [6, 6.07) is 14.3. The maximum atomic E-state index is 9.84. The van der Waals surface area contributed by atoms with Crippen molar-refractivity contribution in [2.75, 3.05) is 11.4 Å². The number of aliphatic hydroxyl groups excluding tert-OH is 1. The lowest BCUT2D eigenvalue weighted by Gasteiger charge is -2.25. The summed E-state index contributed by atoms with van der Waals surface area (Å²) in [5, 5.41) is 9.84. The molecule has 0 bridgehead atoms. The molecule has 1 aromatic carbocycles. The maximum Gasteiger partial charge on any atom is 0.0957 e. The minimum atomic E-state index is -0.472. The lowest BCUT2D eigenvalue weighted by atomic mass is 10.1. The third-order valence-corrected chi connectivity index (χ3v) is 3.61. The number of unbranched alkanes of at least 4 members (excludes halogenated alkanes) is 1. The molecule has 0 aliphatic carbocycles. The third-order valence-electron chi connectivity index (χ3n) is 3.61. The minimum Gasteiger partial charge on any atom is -0.387 e. The van der Waals surface area contributed by atoms with E-state index in [-0.39, 0.29) is 0 Å². The molecule has 0 unspecified atom stereocenters. The van der Waals surface area contributed by atoms with Crippen LogP contribution < -0.4 is 4.90 Å². The van der Waals surface area contributed by atoms with E-state index in [9.17, 15) is 5.11 Å². The van der Waals surface area contributed by atoms with Crippen LogP contribution in [0.1, 0.15) is 44.9 Å². The summed E-state index contributed by atoms with van der Waals surface area (Å²) >= 11 is 0. The van der Waals surface area contributed by atoms with Gasteiger partial charge in [0.05, 0.1) is 23.7 Å². The summed E-state index contributed by atoms with van der Waals surface area (Å²) < 4.78 is 0. The van der Waals surface area contributed by atoms with Gasteiger partial charge in [-0.3, -0.25) is 4.98 Å². The number of hydrogen-bond donors (Lipinski definition) is 1. The average Bonchev–Trinajstić information content (AvgIpc) is 2.56. The van der Waals surface area contributed by atoms with Gasteiger partial charge in [0.15, 0.2) is 0 Å². The number of rotatable bonds is 7. The van der Waals surface area contributed by atoms with Crippen molar-refractivity contribution in [3.63, 3.8) is 0 Å². The number of aliphatic hydroxyl groups is 1. The Morgan fingerprint density at radius 3 is 2.38 bits per heavy atom. The zero-order valence-electron chi connectivity index (χ0n) is 12.9. The molecule has 0 radical (unpaired) electrons. The highest BCUT2D eigenvalue weighted by molar-refractivity contribution is 5.62. The number of hydrogen-bond acceptors (Lipinski definition) is 3. The van der Waals surface area contributed by atoms with E-state index in [4.69, 9.17) is 0 Å². The van der Waals surface area contributed by atoms with Crippen LogP contribution in [0.4, 0.5) is 11.4 Å². The van der Waals surface area contributed by atoms with Crippen molar-refractivity contribution in [2.24, 2.45) is 0 Å². The van der Waals surface area contributed by atoms with Crippen LogP contribution in [-0.2, 0) is 0 Å². The van der Waals surface area contributed by atoms with Crippen LogP contribution in [0.15, 0.2) is 48.7 Å². The monoisotopic (exact) mass is 284 g/mol. The Morgan fingerprint density at radius 1 is 1.05 bits per heavy atom. The second-order valence-corrected chi connectivity index (χ2v) is 5.21. The van der Waals surface area contributed by atoms with Crippen LogP contribution in [0.3, 0.4) is 0 Å². The number of para-hydroxylation sites is 1. The molecule has 0 spiro atoms. The highest BCUT2D eigenvalue weighted by Crippen LogP contribution is 2.26. The number of nitrogens with zero attached hydrogens (tertiary/aromatic N) is 2. The van der Waals surface area contributed by atoms with Crippen LogP contribution in [0.25, 0.3) is 0 Å². The lowest BCUT2D eigenvalue weighted by Crippen LogP contribution is -2.18. The van der Waals surface area contributed by atoms with Crippen molar-refractivity contribution in [1.82, 2.24) is 4.98 Å². The van der Waals surface area contributed by atoms with Crippen LogP contribution in [0, 0.1) is 0 Å². The normalized spacial score (nSPS) is 12.1. The van der Waals surface area contributed by atoms with E-state index < -0.39 is 6.10 Å². The van der Waals surface area contributed by atoms with Gasteiger partial charge in [-0.1, -0.05) is 38.5 Å². The van der Waals surface area contributed by atoms with E-state index in [0.29, 0.717) is 6.42 Å². The highest BCUT2D eigenvalue weighted by Gasteiger charge is 2.11. The Hall–Kier alpha value is -1.87. The second-order valence-electron chi connectivity index (χ2n) is 5.21. The molecule has 0 aliphatic heterocycles. The van der Waals surface area contributed by atoms with Gasteiger partial charge < -0.3 is 10.0 Å². The van der Waals surface area contributed by atoms with Crippen LogP contribution in [0.5, 0.6) is 0 Å². The summed E-state index contributed by atoms with van der Waals surface area (Å²) in [5.74, 6) is 0. The number of pyridine rings is 1. The summed E-state index contributed by atoms with van der Waals surface area (Å²) in [7, 11) is 0. The molecule has 21 heavy (non-hydrogen) atoms. The zero-order valence-corrected chi connectivity index (χ0v) is 12.9. The van der Waals surface area contributed by atoms with Crippen LogP contribution >= 0.6 is 0 Å². The van der Waals surface area contributed by atoms with Gasteiger partial charge in [-0.2, -0.15) is 0 Å². The quantitative estimate of drug-likeness (QED) is 0.815. The summed E-state index contributed by atoms with van der Waals surface area (Å²) in [6.45, 7) is 5.12. The van der Waals surface area contributed by atoms with Gasteiger partial charge in [-0.05, 0) is 37.1 Å². The molecule has 3 heteroatoms. The summed E-state index contributed by atoms with van der Waals surface area (Å²) in [5.41, 5.74) is 2.99. The molecular formula is C18H24N2O. The molecule has 112 valence electrons. The molecule has 2 rings (SSSR count). The Bertz CT molecular complexity index is 525. The predicted octanol–water partition coefficient (Wildman–Crippen LogP) is 4.46. The molecule has 0 saturated heterocycles. The maximum absolute atomic E-state index is 9.84. The van der Waals surface area contributed by atoms with E-state index >= 15 is 0 Å². The smallest absolute Gasteiger partial charge is 0.0957 e. The van der Waals surface area contributed by atoms with Crippen molar-refractivity contribution >= 4 is 11.4 Å². The van der Waals surface area contributed by atoms with Crippen molar-refractivity contribution < 1.29 is 5.11 Å². The Morgan fingerprint density at radius 2 is 1.81 bits per heavy atom. The largest absolute Gasteiger partial charge is 0.387 e. The molecule has 0 saturated carbocycles. The zero-order chi connectivity index (χ0) is 15.1. The predicted molar refractivity (Wildman–Crippen MR) is 87.8 cm³/mol. The first kappa shape index (κ1) is 15.5. The van der Waals surface area contributed by atoms with Crippen LogP contribution in [0.2, 0.25) is 0 Å². The fourth-order valence-corrected chi connectivity index (χ4v) is 2.29. The summed E-state index contributed by atoms with van der Waals surface area (Å²) in [4.78, 5) is 6.69. The second kappa shape index (κ2) is 7.79. The van der Waals surface area contributed by atoms with Crippen molar-refractivity contribution in [3.8, 4) is 0 Å². The van der Waals surface area contributed by atoms with Gasteiger partial charge in [0, 0.05) is 12.2 Å². The minimum absolute atomic E-state index is 0.472. The summed E-state index contributed by atoms with van der Waals surface area (Å²) in [6.07, 6.45) is 4.36. The van der Waals surface area contributed by atoms with Gasteiger partial charge in [0.25, 0.3) is 0 Å². The molecule has 0 amide bonds. The molecule has 1 atom stereocenters. The van der Waals surface area contributed by atoms with Crippen molar-refractivity contribution in [3.05, 3.63) is 54.4 Å². The van der Waals surface area contributed by atoms with Crippen molar-refractivity contribution in [2.45, 2.75) is 39.2 Å². The fraction of sp³-hybridized carbons (Fsp3) is 0.389. The van der Waals surface area contributed by atoms with Gasteiger partial charge in [-0.15, -0.1) is 0 Å². The van der Waals surface area contributed by atoms with Gasteiger partial charge in [-0.25, -0.2) is 0 Å². The first-order valence-electron chi connectivity index (χ1n) is 7.72. The topological polar surface area (TPSA) is 36.4 Å². The van der Waals surface area contributed by atoms with E-state index in [1.165, 1.54) is 5.69 Å². The number of benzene rings is 1. The molecule has 1 N–H and O–H groups in total. The molecule has 0 aliphatic rings. The van der Waals surface area contributed by atoms with Crippen molar-refractivity contribution in [1.29, 1.82) is 0 Å². The first-order chi connectivity index (χ1) is 10.3. The van der Waals surface area contributed by atoms with E-state index in [0.717, 1.165) is 30.8 Å². The first-order valence-corrected chi connectivity index (χ1v) is 7.72. The molecular weight excluding hydrogens is 260 g/mol. The number of anilines is 2. The Balaban J connectivity index is 2.24. The molecule has 0 fully saturated rings. The van der Waals surface area contributed by atoms with E-state index in [2.05, 4.69) is 41.1 Å². The number of aromatic nitrogens is 1. The molecule has 3 nitrogen and oxygen atoms in total. The van der Waals surface area contributed by atoms with Gasteiger partial charge in [0.2, 0.25) is 0 Å². The SMILES string of the molecule is CCCCN(c1ccccc1)c1ccc([C@@H](O)CC)nc1. The van der Waals surface area contributed by atoms with Gasteiger partial charge in [0.1, 0.15) is 0 Å². The Kier molecular flexibility index (Phi) is 5.76. The average molecular weight is 284 g/mol. The molecule has 1 aromatic heterocycles. The van der Waals surface area contributed by atoms with Gasteiger partial charge >= 0.3 is 0 Å². The lowest BCUT2D eigenvalue weighted by molar-refractivity contribution is 0.169. The third kappa shape index (κ3) is 4.05. The fourth-order valence-electron chi connectivity index (χ4n) is 2.29. The van der Waals surface area contributed by atoms with Crippen LogP contribution in [-0.4, -0.2) is 16.6 Å². The van der Waals surface area contributed by atoms with E-state index in [1.807, 2.05) is 31.3 Å².